The molecule has 3 N–H and O–H groups in total. The second-order valence-corrected chi connectivity index (χ2v) is 3.46. The van der Waals surface area contributed by atoms with Crippen LogP contribution in [0.2, 0.25) is 0 Å². The van der Waals surface area contributed by atoms with E-state index in [2.05, 4.69) is 4.74 Å². The minimum Gasteiger partial charge on any atom is -0.504 e. The largest absolute Gasteiger partial charge is 0.504 e. The molecule has 0 heterocycles. The maximum Gasteiger partial charge on any atom is 0.345 e. The predicted octanol–water partition coefficient (Wildman–Crippen LogP) is 0.657. The maximum absolute atomic E-state index is 10.8. The number of phenolic OH excluding ortho intramolecular Hbond substituents is 2. The van der Waals surface area contributed by atoms with E-state index in [0.29, 0.717) is 5.56 Å². The Morgan fingerprint density at radius 2 is 1.94 bits per heavy atom. The van der Waals surface area contributed by atoms with Crippen LogP contribution >= 0.6 is 0 Å². The molecule has 1 atom stereocenters. The van der Waals surface area contributed by atoms with Crippen LogP contribution in [0.3, 0.4) is 0 Å². The molecule has 0 aliphatic rings. The van der Waals surface area contributed by atoms with E-state index in [4.69, 9.17) is 10.2 Å². The Bertz CT molecular complexity index is 440. The topological polar surface area (TPSA) is 104 Å². The van der Waals surface area contributed by atoms with Gasteiger partial charge in [0.15, 0.2) is 11.5 Å². The van der Waals surface area contributed by atoms with Gasteiger partial charge in [-0.2, -0.15) is 0 Å². The van der Waals surface area contributed by atoms with E-state index < -0.39 is 18.0 Å². The van der Waals surface area contributed by atoms with Gasteiger partial charge in [-0.3, -0.25) is 4.79 Å². The minimum atomic E-state index is -1.31. The van der Waals surface area contributed by atoms with E-state index in [9.17, 15) is 14.7 Å². The number of hydrogen-bond acceptors (Lipinski definition) is 5. The number of rotatable bonds is 4. The van der Waals surface area contributed by atoms with E-state index >= 15 is 0 Å². The number of carbonyl (C=O) groups is 2. The van der Waals surface area contributed by atoms with Gasteiger partial charge in [-0.1, -0.05) is 6.07 Å². The van der Waals surface area contributed by atoms with Crippen molar-refractivity contribution < 1.29 is 29.6 Å². The number of benzene rings is 1. The zero-order valence-electron chi connectivity index (χ0n) is 9.08. The smallest absolute Gasteiger partial charge is 0.345 e. The fourth-order valence-corrected chi connectivity index (χ4v) is 1.29. The van der Waals surface area contributed by atoms with Crippen molar-refractivity contribution in [2.24, 2.45) is 0 Å². The standard InChI is InChI=1S/C11H12O6/c1-6(12)17-10(11(15)16)5-7-2-3-8(13)9(14)4-7/h2-4,10,13-14H,5H2,1H3,(H,15,16)/t10-/m1/s1. The molecule has 0 aliphatic heterocycles. The summed E-state index contributed by atoms with van der Waals surface area (Å²) < 4.78 is 4.60. The summed E-state index contributed by atoms with van der Waals surface area (Å²) in [5, 5.41) is 27.1. The van der Waals surface area contributed by atoms with E-state index in [1.807, 2.05) is 0 Å². The third-order valence-electron chi connectivity index (χ3n) is 2.04. The average molecular weight is 240 g/mol. The molecule has 0 fully saturated rings. The normalized spacial score (nSPS) is 11.8. The summed E-state index contributed by atoms with van der Waals surface area (Å²) in [5.41, 5.74) is 0.439. The summed E-state index contributed by atoms with van der Waals surface area (Å²) in [7, 11) is 0. The van der Waals surface area contributed by atoms with Crippen LogP contribution in [0.25, 0.3) is 0 Å². The molecule has 1 aromatic carbocycles. The summed E-state index contributed by atoms with van der Waals surface area (Å²) in [5.74, 6) is -2.62. The van der Waals surface area contributed by atoms with Gasteiger partial charge in [0.25, 0.3) is 0 Å². The number of carboxylic acids is 1. The van der Waals surface area contributed by atoms with Crippen molar-refractivity contribution in [3.63, 3.8) is 0 Å². The van der Waals surface area contributed by atoms with Gasteiger partial charge in [-0.15, -0.1) is 0 Å². The van der Waals surface area contributed by atoms with E-state index in [0.717, 1.165) is 6.92 Å². The Morgan fingerprint density at radius 1 is 1.29 bits per heavy atom. The molecule has 17 heavy (non-hydrogen) atoms. The molecule has 1 rings (SSSR count). The van der Waals surface area contributed by atoms with Crippen molar-refractivity contribution in [3.05, 3.63) is 23.8 Å². The molecule has 92 valence electrons. The van der Waals surface area contributed by atoms with Crippen molar-refractivity contribution >= 4 is 11.9 Å². The van der Waals surface area contributed by atoms with Gasteiger partial charge in [-0.05, 0) is 17.7 Å². The van der Waals surface area contributed by atoms with Gasteiger partial charge in [0, 0.05) is 13.3 Å². The summed E-state index contributed by atoms with van der Waals surface area (Å²) in [6.45, 7) is 1.12. The fourth-order valence-electron chi connectivity index (χ4n) is 1.29. The van der Waals surface area contributed by atoms with Gasteiger partial charge < -0.3 is 20.1 Å². The molecular weight excluding hydrogens is 228 g/mol. The second-order valence-electron chi connectivity index (χ2n) is 3.46. The number of esters is 1. The summed E-state index contributed by atoms with van der Waals surface area (Å²) >= 11 is 0. The molecule has 6 heteroatoms. The Kier molecular flexibility index (Phi) is 3.92. The van der Waals surface area contributed by atoms with E-state index in [-0.39, 0.29) is 17.9 Å². The summed E-state index contributed by atoms with van der Waals surface area (Å²) in [6, 6.07) is 3.89. The summed E-state index contributed by atoms with van der Waals surface area (Å²) in [6.07, 6.45) is -1.39. The molecule has 0 amide bonds. The molecule has 1 aromatic rings. The highest BCUT2D eigenvalue weighted by Crippen LogP contribution is 2.25. The average Bonchev–Trinajstić information content (AvgIpc) is 2.21. The molecular formula is C11H12O6. The number of aliphatic carboxylic acids is 1. The Morgan fingerprint density at radius 3 is 2.41 bits per heavy atom. The van der Waals surface area contributed by atoms with Crippen molar-refractivity contribution in [1.29, 1.82) is 0 Å². The van der Waals surface area contributed by atoms with Crippen molar-refractivity contribution in [2.75, 3.05) is 0 Å². The molecule has 0 aromatic heterocycles. The first kappa shape index (κ1) is 12.8. The zero-order valence-corrected chi connectivity index (χ0v) is 9.08. The Hall–Kier alpha value is -2.24. The van der Waals surface area contributed by atoms with Crippen LogP contribution in [-0.2, 0) is 20.7 Å². The third kappa shape index (κ3) is 3.67. The van der Waals surface area contributed by atoms with Crippen molar-refractivity contribution in [3.8, 4) is 11.5 Å². The van der Waals surface area contributed by atoms with E-state index in [1.165, 1.54) is 18.2 Å². The lowest BCUT2D eigenvalue weighted by molar-refractivity contribution is -0.162. The monoisotopic (exact) mass is 240 g/mol. The number of hydrogen-bond donors (Lipinski definition) is 3. The fraction of sp³-hybridized carbons (Fsp3) is 0.273. The molecule has 0 saturated heterocycles. The Labute approximate surface area is 97.1 Å². The van der Waals surface area contributed by atoms with Crippen LogP contribution < -0.4 is 0 Å². The first-order valence-electron chi connectivity index (χ1n) is 4.81. The maximum atomic E-state index is 10.8. The minimum absolute atomic E-state index is 0.0806. The molecule has 0 spiro atoms. The second kappa shape index (κ2) is 5.20. The zero-order chi connectivity index (χ0) is 13.0. The first-order valence-corrected chi connectivity index (χ1v) is 4.81. The van der Waals surface area contributed by atoms with Crippen molar-refractivity contribution in [2.45, 2.75) is 19.4 Å². The predicted molar refractivity (Wildman–Crippen MR) is 56.7 cm³/mol. The van der Waals surface area contributed by atoms with Crippen LogP contribution in [0, 0.1) is 0 Å². The van der Waals surface area contributed by atoms with Gasteiger partial charge >= 0.3 is 11.9 Å². The van der Waals surface area contributed by atoms with Crippen molar-refractivity contribution in [1.82, 2.24) is 0 Å². The lowest BCUT2D eigenvalue weighted by atomic mass is 10.1. The lowest BCUT2D eigenvalue weighted by Crippen LogP contribution is -2.28. The number of aromatic hydroxyl groups is 2. The quantitative estimate of drug-likeness (QED) is 0.527. The Balaban J connectivity index is 2.82. The number of ether oxygens (including phenoxy) is 1. The lowest BCUT2D eigenvalue weighted by Gasteiger charge is -2.12. The number of carboxylic acid groups (broad SMARTS) is 1. The molecule has 0 saturated carbocycles. The molecule has 6 nitrogen and oxygen atoms in total. The van der Waals surface area contributed by atoms with Gasteiger partial charge in [0.05, 0.1) is 0 Å². The highest BCUT2D eigenvalue weighted by atomic mass is 16.6. The first-order chi connectivity index (χ1) is 7.90. The van der Waals surface area contributed by atoms with Gasteiger partial charge in [-0.25, -0.2) is 4.79 Å². The van der Waals surface area contributed by atoms with Crippen LogP contribution in [0.1, 0.15) is 12.5 Å². The van der Waals surface area contributed by atoms with Crippen LogP contribution in [0.15, 0.2) is 18.2 Å². The van der Waals surface area contributed by atoms with Crippen LogP contribution in [0.5, 0.6) is 11.5 Å². The van der Waals surface area contributed by atoms with Crippen LogP contribution in [-0.4, -0.2) is 33.4 Å². The highest BCUT2D eigenvalue weighted by Gasteiger charge is 2.21. The van der Waals surface area contributed by atoms with Gasteiger partial charge in [0.1, 0.15) is 0 Å². The number of phenols is 2. The van der Waals surface area contributed by atoms with Crippen LogP contribution in [0.4, 0.5) is 0 Å². The third-order valence-corrected chi connectivity index (χ3v) is 2.04. The van der Waals surface area contributed by atoms with E-state index in [1.54, 1.807) is 0 Å². The highest BCUT2D eigenvalue weighted by molar-refractivity contribution is 5.77. The molecule has 0 bridgehead atoms. The molecule has 0 radical (unpaired) electrons. The molecule has 0 aliphatic carbocycles. The molecule has 0 unspecified atom stereocenters. The number of carbonyl (C=O) groups excluding carboxylic acids is 1. The SMILES string of the molecule is CC(=O)O[C@H](Cc1ccc(O)c(O)c1)C(=O)O. The summed E-state index contributed by atoms with van der Waals surface area (Å²) in [4.78, 5) is 21.5. The van der Waals surface area contributed by atoms with Gasteiger partial charge in [0.2, 0.25) is 6.10 Å².